The molecule has 16 heavy (non-hydrogen) atoms. The van der Waals surface area contributed by atoms with E-state index >= 15 is 0 Å². The minimum Gasteiger partial charge on any atom is -0.394 e. The molecule has 0 bridgehead atoms. The van der Waals surface area contributed by atoms with Gasteiger partial charge in [0.05, 0.1) is 18.2 Å². The van der Waals surface area contributed by atoms with Crippen LogP contribution in [-0.4, -0.2) is 55.0 Å². The van der Waals surface area contributed by atoms with Crippen LogP contribution in [0.4, 0.5) is 0 Å². The molecule has 0 aromatic carbocycles. The first-order valence-corrected chi connectivity index (χ1v) is 6.33. The summed E-state index contributed by atoms with van der Waals surface area (Å²) in [6.45, 7) is 3.04. The van der Waals surface area contributed by atoms with Gasteiger partial charge in [-0.15, -0.1) is 0 Å². The Kier molecular flexibility index (Phi) is 3.85. The van der Waals surface area contributed by atoms with Gasteiger partial charge in [-0.2, -0.15) is 0 Å². The second kappa shape index (κ2) is 5.00. The van der Waals surface area contributed by atoms with Crippen molar-refractivity contribution in [3.63, 3.8) is 0 Å². The van der Waals surface area contributed by atoms with Crippen LogP contribution in [0, 0.1) is 5.92 Å². The smallest absolute Gasteiger partial charge is 0.0626 e. The zero-order chi connectivity index (χ0) is 11.6. The van der Waals surface area contributed by atoms with E-state index in [0.29, 0.717) is 12.0 Å². The van der Waals surface area contributed by atoms with E-state index in [-0.39, 0.29) is 12.1 Å². The van der Waals surface area contributed by atoms with Crippen molar-refractivity contribution in [3.8, 4) is 0 Å². The number of hydrogen-bond acceptors (Lipinski definition) is 4. The first-order valence-electron chi connectivity index (χ1n) is 6.33. The molecular weight excluding hydrogens is 204 g/mol. The maximum Gasteiger partial charge on any atom is 0.0626 e. The van der Waals surface area contributed by atoms with Gasteiger partial charge in [-0.3, -0.25) is 0 Å². The molecule has 4 nitrogen and oxygen atoms in total. The molecule has 1 heterocycles. The van der Waals surface area contributed by atoms with E-state index in [1.807, 2.05) is 0 Å². The Morgan fingerprint density at radius 2 is 1.94 bits per heavy atom. The summed E-state index contributed by atoms with van der Waals surface area (Å²) in [5.41, 5.74) is 5.92. The minimum atomic E-state index is -0.361. The van der Waals surface area contributed by atoms with Gasteiger partial charge in [-0.05, 0) is 31.6 Å². The number of ether oxygens (including phenoxy) is 1. The fourth-order valence-corrected chi connectivity index (χ4v) is 2.69. The van der Waals surface area contributed by atoms with Crippen molar-refractivity contribution in [2.75, 3.05) is 33.4 Å². The summed E-state index contributed by atoms with van der Waals surface area (Å²) in [6.07, 6.45) is 4.96. The van der Waals surface area contributed by atoms with Crippen LogP contribution in [0.1, 0.15) is 25.7 Å². The molecule has 94 valence electrons. The lowest BCUT2D eigenvalue weighted by molar-refractivity contribution is 0.0268. The molecule has 0 aromatic heterocycles. The van der Waals surface area contributed by atoms with Gasteiger partial charge in [0.2, 0.25) is 0 Å². The lowest BCUT2D eigenvalue weighted by Gasteiger charge is -2.38. The highest BCUT2D eigenvalue weighted by atomic mass is 16.5. The molecule has 3 N–H and O–H groups in total. The monoisotopic (exact) mass is 228 g/mol. The molecule has 1 aliphatic carbocycles. The summed E-state index contributed by atoms with van der Waals surface area (Å²) in [5.74, 6) is 0.539. The third-order valence-electron chi connectivity index (χ3n) is 4.07. The Bertz CT molecular complexity index is 225. The van der Waals surface area contributed by atoms with Crippen molar-refractivity contribution in [1.82, 2.24) is 4.90 Å². The molecule has 0 amide bonds. The molecule has 1 atom stereocenters. The van der Waals surface area contributed by atoms with Crippen LogP contribution in [-0.2, 0) is 4.74 Å². The molecule has 0 radical (unpaired) electrons. The number of nitrogens with zero attached hydrogens (tertiary/aromatic N) is 1. The standard InChI is InChI=1S/C12H24N2O2/c1-16-11-4-6-14(7-5-11)8-12(13,9-15)10-2-3-10/h10-11,15H,2-9,13H2,1H3. The van der Waals surface area contributed by atoms with Crippen LogP contribution in [0.5, 0.6) is 0 Å². The molecule has 1 aliphatic heterocycles. The largest absolute Gasteiger partial charge is 0.394 e. The summed E-state index contributed by atoms with van der Waals surface area (Å²) in [5, 5.41) is 9.45. The van der Waals surface area contributed by atoms with Crippen LogP contribution >= 0.6 is 0 Å². The molecule has 2 fully saturated rings. The van der Waals surface area contributed by atoms with Gasteiger partial charge in [-0.25, -0.2) is 0 Å². The number of aliphatic hydroxyl groups excluding tert-OH is 1. The van der Waals surface area contributed by atoms with E-state index in [2.05, 4.69) is 4.90 Å². The Morgan fingerprint density at radius 1 is 1.31 bits per heavy atom. The van der Waals surface area contributed by atoms with E-state index in [1.54, 1.807) is 7.11 Å². The number of hydrogen-bond donors (Lipinski definition) is 2. The normalized spacial score (nSPS) is 27.9. The summed E-state index contributed by atoms with van der Waals surface area (Å²) < 4.78 is 5.35. The number of rotatable bonds is 5. The van der Waals surface area contributed by atoms with Gasteiger partial charge >= 0.3 is 0 Å². The van der Waals surface area contributed by atoms with E-state index < -0.39 is 0 Å². The fraction of sp³-hybridized carbons (Fsp3) is 1.00. The zero-order valence-corrected chi connectivity index (χ0v) is 10.2. The number of nitrogens with two attached hydrogens (primary N) is 1. The number of likely N-dealkylation sites (tertiary alicyclic amines) is 1. The highest BCUT2D eigenvalue weighted by molar-refractivity contribution is 5.00. The van der Waals surface area contributed by atoms with Gasteiger partial charge in [0.1, 0.15) is 0 Å². The molecule has 2 aliphatic rings. The van der Waals surface area contributed by atoms with Crippen molar-refractivity contribution in [2.24, 2.45) is 11.7 Å². The molecule has 0 aromatic rings. The first-order chi connectivity index (χ1) is 7.68. The minimum absolute atomic E-state index is 0.113. The van der Waals surface area contributed by atoms with Crippen LogP contribution < -0.4 is 5.73 Å². The maximum absolute atomic E-state index is 9.45. The topological polar surface area (TPSA) is 58.7 Å². The Balaban J connectivity index is 1.81. The molecule has 1 saturated carbocycles. The molecular formula is C12H24N2O2. The third kappa shape index (κ3) is 2.74. The highest BCUT2D eigenvalue weighted by Gasteiger charge is 2.43. The lowest BCUT2D eigenvalue weighted by atomic mass is 9.93. The Labute approximate surface area is 97.7 Å². The number of aliphatic hydroxyl groups is 1. The molecule has 1 unspecified atom stereocenters. The van der Waals surface area contributed by atoms with E-state index in [4.69, 9.17) is 10.5 Å². The van der Waals surface area contributed by atoms with Gasteiger partial charge in [0, 0.05) is 26.7 Å². The summed E-state index contributed by atoms with van der Waals surface area (Å²) in [4.78, 5) is 2.38. The summed E-state index contributed by atoms with van der Waals surface area (Å²) in [6, 6.07) is 0. The van der Waals surface area contributed by atoms with Crippen molar-refractivity contribution in [2.45, 2.75) is 37.3 Å². The predicted octanol–water partition coefficient (Wildman–Crippen LogP) is 0.197. The van der Waals surface area contributed by atoms with Crippen molar-refractivity contribution < 1.29 is 9.84 Å². The maximum atomic E-state index is 9.45. The van der Waals surface area contributed by atoms with E-state index in [9.17, 15) is 5.11 Å². The van der Waals surface area contributed by atoms with Crippen LogP contribution in [0.2, 0.25) is 0 Å². The number of piperidine rings is 1. The quantitative estimate of drug-likeness (QED) is 0.705. The van der Waals surface area contributed by atoms with Gasteiger partial charge in [0.25, 0.3) is 0 Å². The zero-order valence-electron chi connectivity index (χ0n) is 10.2. The Morgan fingerprint density at radius 3 is 2.38 bits per heavy atom. The first kappa shape index (κ1) is 12.3. The summed E-state index contributed by atoms with van der Waals surface area (Å²) >= 11 is 0. The van der Waals surface area contributed by atoms with E-state index in [0.717, 1.165) is 32.5 Å². The molecule has 2 rings (SSSR count). The second-order valence-electron chi connectivity index (χ2n) is 5.38. The third-order valence-corrected chi connectivity index (χ3v) is 4.07. The molecule has 1 saturated heterocycles. The van der Waals surface area contributed by atoms with Crippen molar-refractivity contribution in [1.29, 1.82) is 0 Å². The summed E-state index contributed by atoms with van der Waals surface area (Å²) in [7, 11) is 1.78. The SMILES string of the molecule is COC1CCN(CC(N)(CO)C2CC2)CC1. The van der Waals surface area contributed by atoms with Gasteiger partial charge < -0.3 is 20.5 Å². The van der Waals surface area contributed by atoms with Crippen molar-refractivity contribution in [3.05, 3.63) is 0 Å². The molecule has 4 heteroatoms. The van der Waals surface area contributed by atoms with E-state index in [1.165, 1.54) is 12.8 Å². The predicted molar refractivity (Wildman–Crippen MR) is 63.2 cm³/mol. The number of methoxy groups -OCH3 is 1. The van der Waals surface area contributed by atoms with Gasteiger partial charge in [-0.1, -0.05) is 0 Å². The lowest BCUT2D eigenvalue weighted by Crippen LogP contribution is -2.56. The Hall–Kier alpha value is -0.160. The van der Waals surface area contributed by atoms with Crippen molar-refractivity contribution >= 4 is 0 Å². The van der Waals surface area contributed by atoms with Gasteiger partial charge in [0.15, 0.2) is 0 Å². The van der Waals surface area contributed by atoms with Crippen LogP contribution in [0.3, 0.4) is 0 Å². The average molecular weight is 228 g/mol. The van der Waals surface area contributed by atoms with Crippen LogP contribution in [0.15, 0.2) is 0 Å². The van der Waals surface area contributed by atoms with Crippen LogP contribution in [0.25, 0.3) is 0 Å². The average Bonchev–Trinajstić information content (AvgIpc) is 3.14. The fourth-order valence-electron chi connectivity index (χ4n) is 2.69. The molecule has 0 spiro atoms. The highest BCUT2D eigenvalue weighted by Crippen LogP contribution is 2.38. The second-order valence-corrected chi connectivity index (χ2v) is 5.38.